The number of para-hydroxylation sites is 1. The molecule has 4 rings (SSSR count). The molecule has 0 aromatic heterocycles. The Morgan fingerprint density at radius 2 is 1.63 bits per heavy atom. The fourth-order valence-electron chi connectivity index (χ4n) is 4.54. The van der Waals surface area contributed by atoms with Crippen LogP contribution >= 0.6 is 0 Å². The molecule has 1 unspecified atom stereocenters. The van der Waals surface area contributed by atoms with Gasteiger partial charge in [-0.25, -0.2) is 0 Å². The highest BCUT2D eigenvalue weighted by Gasteiger charge is 2.43. The molecule has 0 radical (unpaired) electrons. The van der Waals surface area contributed by atoms with Crippen LogP contribution in [0.15, 0.2) is 72.8 Å². The van der Waals surface area contributed by atoms with Crippen molar-refractivity contribution in [2.45, 2.75) is 39.3 Å². The van der Waals surface area contributed by atoms with Crippen molar-refractivity contribution in [3.8, 4) is 5.75 Å². The number of methoxy groups -OCH3 is 1. The summed E-state index contributed by atoms with van der Waals surface area (Å²) in [4.78, 5) is 55.7. The first-order valence-corrected chi connectivity index (χ1v) is 12.4. The quantitative estimate of drug-likeness (QED) is 0.429. The monoisotopic (exact) mass is 513 g/mol. The van der Waals surface area contributed by atoms with Gasteiger partial charge >= 0.3 is 0 Å². The van der Waals surface area contributed by atoms with Crippen LogP contribution in [0, 0.1) is 6.92 Å². The van der Waals surface area contributed by atoms with Gasteiger partial charge < -0.3 is 15.0 Å². The highest BCUT2D eigenvalue weighted by atomic mass is 16.5. The number of anilines is 2. The Bertz CT molecular complexity index is 1380. The topological polar surface area (TPSA) is 96.0 Å². The van der Waals surface area contributed by atoms with Gasteiger partial charge in [0.1, 0.15) is 17.8 Å². The van der Waals surface area contributed by atoms with Crippen LogP contribution in [-0.4, -0.2) is 47.6 Å². The number of carbonyl (C=O) groups is 4. The third-order valence-corrected chi connectivity index (χ3v) is 7.18. The van der Waals surface area contributed by atoms with E-state index in [1.54, 1.807) is 62.6 Å². The molecule has 0 saturated carbocycles. The van der Waals surface area contributed by atoms with Gasteiger partial charge in [-0.1, -0.05) is 43.3 Å². The maximum Gasteiger partial charge on any atom is 0.299 e. The van der Waals surface area contributed by atoms with Crippen LogP contribution in [0.5, 0.6) is 5.75 Å². The van der Waals surface area contributed by atoms with Crippen LogP contribution in [0.25, 0.3) is 0 Å². The summed E-state index contributed by atoms with van der Waals surface area (Å²) in [6.45, 7) is 5.29. The number of fused-ring (bicyclic) bond motifs is 1. The van der Waals surface area contributed by atoms with E-state index in [0.717, 1.165) is 11.1 Å². The average Bonchev–Trinajstić information content (AvgIpc) is 3.17. The molecule has 1 atom stereocenters. The predicted octanol–water partition coefficient (Wildman–Crippen LogP) is 4.37. The number of nitrogens with one attached hydrogen (secondary N) is 1. The van der Waals surface area contributed by atoms with Crippen LogP contribution in [0.4, 0.5) is 11.4 Å². The molecule has 196 valence electrons. The smallest absolute Gasteiger partial charge is 0.299 e. The average molecular weight is 514 g/mol. The van der Waals surface area contributed by atoms with E-state index in [-0.39, 0.29) is 24.6 Å². The highest BCUT2D eigenvalue weighted by Crippen LogP contribution is 2.31. The van der Waals surface area contributed by atoms with E-state index in [4.69, 9.17) is 4.74 Å². The van der Waals surface area contributed by atoms with Gasteiger partial charge in [0.25, 0.3) is 11.7 Å². The second-order valence-electron chi connectivity index (χ2n) is 9.45. The summed E-state index contributed by atoms with van der Waals surface area (Å²) in [6, 6.07) is 21.2. The minimum absolute atomic E-state index is 0.156. The van der Waals surface area contributed by atoms with Gasteiger partial charge in [-0.3, -0.25) is 24.1 Å². The molecular formula is C30H31N3O5. The number of hydrogen-bond acceptors (Lipinski definition) is 5. The molecular weight excluding hydrogens is 482 g/mol. The molecule has 3 aromatic rings. The maximum absolute atomic E-state index is 13.9. The standard InChI is InChI=1S/C30H31N3O5/c1-5-30(3,29(37)31-22-14-16-23(38-4)17-15-22)33(18-21-11-7-6-10-20(21)2)26(34)19-32-25-13-9-8-12-24(25)27(35)28(32)36/h6-17H,5,18-19H2,1-4H3,(H,31,37). The van der Waals surface area contributed by atoms with Gasteiger partial charge in [0.15, 0.2) is 0 Å². The van der Waals surface area contributed by atoms with E-state index in [0.29, 0.717) is 23.5 Å². The molecule has 0 fully saturated rings. The summed E-state index contributed by atoms with van der Waals surface area (Å²) < 4.78 is 5.19. The highest BCUT2D eigenvalue weighted by molar-refractivity contribution is 6.52. The fraction of sp³-hybridized carbons (Fsp3) is 0.267. The molecule has 1 aliphatic rings. The maximum atomic E-state index is 13.9. The number of carbonyl (C=O) groups excluding carboxylic acids is 4. The number of benzene rings is 3. The molecule has 1 aliphatic heterocycles. The third kappa shape index (κ3) is 5.02. The summed E-state index contributed by atoms with van der Waals surface area (Å²) in [5, 5.41) is 2.92. The van der Waals surface area contributed by atoms with Gasteiger partial charge in [-0.05, 0) is 67.8 Å². The van der Waals surface area contributed by atoms with E-state index < -0.39 is 23.1 Å². The lowest BCUT2D eigenvalue weighted by Gasteiger charge is -2.40. The van der Waals surface area contributed by atoms with Crippen LogP contribution in [-0.2, 0) is 20.9 Å². The Balaban J connectivity index is 1.67. The van der Waals surface area contributed by atoms with Crippen molar-refractivity contribution in [3.05, 3.63) is 89.5 Å². The zero-order valence-electron chi connectivity index (χ0n) is 22.0. The van der Waals surface area contributed by atoms with Gasteiger partial charge in [0.05, 0.1) is 18.4 Å². The zero-order valence-corrected chi connectivity index (χ0v) is 22.0. The minimum Gasteiger partial charge on any atom is -0.497 e. The van der Waals surface area contributed by atoms with E-state index in [1.807, 2.05) is 38.1 Å². The Kier molecular flexibility index (Phi) is 7.62. The first kappa shape index (κ1) is 26.6. The third-order valence-electron chi connectivity index (χ3n) is 7.18. The van der Waals surface area contributed by atoms with Crippen molar-refractivity contribution in [1.29, 1.82) is 0 Å². The molecule has 1 heterocycles. The lowest BCUT2D eigenvalue weighted by molar-refractivity contribution is -0.145. The number of ketones is 1. The molecule has 0 spiro atoms. The van der Waals surface area contributed by atoms with E-state index in [9.17, 15) is 19.2 Å². The van der Waals surface area contributed by atoms with Crippen LogP contribution in [0.3, 0.4) is 0 Å². The lowest BCUT2D eigenvalue weighted by atomic mass is 9.93. The van der Waals surface area contributed by atoms with Crippen LogP contribution in [0.2, 0.25) is 0 Å². The molecule has 38 heavy (non-hydrogen) atoms. The number of hydrogen-bond donors (Lipinski definition) is 1. The largest absolute Gasteiger partial charge is 0.497 e. The van der Waals surface area contributed by atoms with E-state index in [1.165, 1.54) is 9.80 Å². The summed E-state index contributed by atoms with van der Waals surface area (Å²) in [5.74, 6) is -1.55. The Labute approximate surface area is 222 Å². The minimum atomic E-state index is -1.26. The lowest BCUT2D eigenvalue weighted by Crippen LogP contribution is -2.58. The van der Waals surface area contributed by atoms with Crippen molar-refractivity contribution >= 4 is 34.9 Å². The molecule has 1 N–H and O–H groups in total. The molecule has 0 bridgehead atoms. The Morgan fingerprint density at radius 1 is 0.974 bits per heavy atom. The number of ether oxygens (including phenoxy) is 1. The van der Waals surface area contributed by atoms with Gasteiger partial charge in [0, 0.05) is 12.2 Å². The first-order valence-electron chi connectivity index (χ1n) is 12.4. The molecule has 0 saturated heterocycles. The molecule has 3 amide bonds. The van der Waals surface area contributed by atoms with E-state index in [2.05, 4.69) is 5.32 Å². The molecule has 0 aliphatic carbocycles. The molecule has 3 aromatic carbocycles. The van der Waals surface area contributed by atoms with Crippen molar-refractivity contribution in [1.82, 2.24) is 4.90 Å². The summed E-state index contributed by atoms with van der Waals surface area (Å²) in [7, 11) is 1.56. The van der Waals surface area contributed by atoms with Crippen molar-refractivity contribution in [2.75, 3.05) is 23.9 Å². The number of rotatable bonds is 9. The SMILES string of the molecule is CCC(C)(C(=O)Nc1ccc(OC)cc1)N(Cc1ccccc1C)C(=O)CN1C(=O)C(=O)c2ccccc21. The number of amides is 3. The van der Waals surface area contributed by atoms with Gasteiger partial charge in [0.2, 0.25) is 11.8 Å². The summed E-state index contributed by atoms with van der Waals surface area (Å²) in [5.41, 5.74) is 1.82. The second-order valence-corrected chi connectivity index (χ2v) is 9.45. The Morgan fingerprint density at radius 3 is 2.29 bits per heavy atom. The van der Waals surface area contributed by atoms with Crippen molar-refractivity contribution in [2.24, 2.45) is 0 Å². The predicted molar refractivity (Wildman–Crippen MR) is 145 cm³/mol. The van der Waals surface area contributed by atoms with E-state index >= 15 is 0 Å². The molecule has 8 nitrogen and oxygen atoms in total. The van der Waals surface area contributed by atoms with Gasteiger partial charge in [-0.2, -0.15) is 0 Å². The fourth-order valence-corrected chi connectivity index (χ4v) is 4.54. The summed E-state index contributed by atoms with van der Waals surface area (Å²) in [6.07, 6.45) is 0.316. The van der Waals surface area contributed by atoms with Crippen molar-refractivity contribution < 1.29 is 23.9 Å². The number of aryl methyl sites for hydroxylation is 1. The molecule has 8 heteroatoms. The first-order chi connectivity index (χ1) is 18.2. The van der Waals surface area contributed by atoms with Crippen LogP contribution in [0.1, 0.15) is 41.8 Å². The van der Waals surface area contributed by atoms with Gasteiger partial charge in [-0.15, -0.1) is 0 Å². The zero-order chi connectivity index (χ0) is 27.4. The normalized spacial score (nSPS) is 14.1. The number of nitrogens with zero attached hydrogens (tertiary/aromatic N) is 2. The Hall–Kier alpha value is -4.46. The van der Waals surface area contributed by atoms with Crippen LogP contribution < -0.4 is 15.0 Å². The summed E-state index contributed by atoms with van der Waals surface area (Å²) >= 11 is 0. The van der Waals surface area contributed by atoms with Crippen molar-refractivity contribution in [3.63, 3.8) is 0 Å². The second kappa shape index (κ2) is 10.9. The number of Topliss-reactive ketones (excluding diaryl/α,β-unsaturated/α-hetero) is 1.